The van der Waals surface area contributed by atoms with Crippen molar-refractivity contribution in [2.45, 2.75) is 31.7 Å². The minimum atomic E-state index is -0.0771. The van der Waals surface area contributed by atoms with Gasteiger partial charge in [0.1, 0.15) is 5.75 Å². The Labute approximate surface area is 150 Å². The monoisotopic (exact) mass is 354 g/mol. The van der Waals surface area contributed by atoms with E-state index in [0.29, 0.717) is 25.6 Å². The number of nitrogens with zero attached hydrogens (tertiary/aromatic N) is 1. The smallest absolute Gasteiger partial charge is 0.317 e. The molecule has 0 aliphatic carbocycles. The van der Waals surface area contributed by atoms with Crippen molar-refractivity contribution in [2.75, 3.05) is 40.2 Å². The summed E-state index contributed by atoms with van der Waals surface area (Å²) in [6.45, 7) is 6.85. The van der Waals surface area contributed by atoms with Gasteiger partial charge < -0.3 is 19.7 Å². The summed E-state index contributed by atoms with van der Waals surface area (Å²) in [7, 11) is 3.45. The van der Waals surface area contributed by atoms with Crippen LogP contribution < -0.4 is 10.1 Å². The predicted molar refractivity (Wildman–Crippen MR) is 99.9 cm³/mol. The minimum absolute atomic E-state index is 0.0771. The van der Waals surface area contributed by atoms with Crippen LogP contribution in [0, 0.1) is 5.92 Å². The zero-order valence-electron chi connectivity index (χ0n) is 15.4. The molecule has 0 aliphatic rings. The van der Waals surface area contributed by atoms with Crippen LogP contribution in [0.5, 0.6) is 5.75 Å². The topological polar surface area (TPSA) is 50.8 Å². The van der Waals surface area contributed by atoms with E-state index in [2.05, 4.69) is 19.2 Å². The van der Waals surface area contributed by atoms with Crippen LogP contribution in [0.3, 0.4) is 0 Å². The fourth-order valence-electron chi connectivity index (χ4n) is 2.15. The molecule has 2 amide bonds. The standard InChI is InChI=1S/C18H30N2O3S/c1-14(2)13-23-10-6-9-19-18(21)20(3)12-15-7-8-17(24-5)16(11-15)22-4/h7-8,11,14H,6,9-10,12-13H2,1-5H3,(H,19,21). The lowest BCUT2D eigenvalue weighted by Gasteiger charge is -2.19. The maximum absolute atomic E-state index is 12.1. The second-order valence-electron chi connectivity index (χ2n) is 6.10. The number of thioether (sulfide) groups is 1. The highest BCUT2D eigenvalue weighted by Crippen LogP contribution is 2.28. The predicted octanol–water partition coefficient (Wildman–Crippen LogP) is 3.62. The lowest BCUT2D eigenvalue weighted by Crippen LogP contribution is -2.37. The zero-order valence-corrected chi connectivity index (χ0v) is 16.2. The van der Waals surface area contributed by atoms with Crippen LogP contribution in [0.1, 0.15) is 25.8 Å². The van der Waals surface area contributed by atoms with E-state index in [-0.39, 0.29) is 6.03 Å². The third kappa shape index (κ3) is 7.45. The van der Waals surface area contributed by atoms with Gasteiger partial charge in [-0.25, -0.2) is 4.79 Å². The lowest BCUT2D eigenvalue weighted by molar-refractivity contribution is 0.108. The maximum atomic E-state index is 12.1. The number of hydrogen-bond acceptors (Lipinski definition) is 4. The van der Waals surface area contributed by atoms with Crippen LogP contribution in [0.2, 0.25) is 0 Å². The van der Waals surface area contributed by atoms with Gasteiger partial charge in [-0.15, -0.1) is 11.8 Å². The van der Waals surface area contributed by atoms with Gasteiger partial charge in [-0.2, -0.15) is 0 Å². The highest BCUT2D eigenvalue weighted by atomic mass is 32.2. The number of hydrogen-bond donors (Lipinski definition) is 1. The van der Waals surface area contributed by atoms with Crippen molar-refractivity contribution in [1.82, 2.24) is 10.2 Å². The third-order valence-electron chi connectivity index (χ3n) is 3.41. The molecule has 0 aliphatic heterocycles. The van der Waals surface area contributed by atoms with Crippen LogP contribution in [0.4, 0.5) is 4.79 Å². The molecule has 0 saturated heterocycles. The Kier molecular flexibility index (Phi) is 9.64. The maximum Gasteiger partial charge on any atom is 0.317 e. The van der Waals surface area contributed by atoms with Crippen molar-refractivity contribution in [3.8, 4) is 5.75 Å². The summed E-state index contributed by atoms with van der Waals surface area (Å²) >= 11 is 1.64. The van der Waals surface area contributed by atoms with Gasteiger partial charge in [0.2, 0.25) is 0 Å². The van der Waals surface area contributed by atoms with Crippen LogP contribution in [0.25, 0.3) is 0 Å². The third-order valence-corrected chi connectivity index (χ3v) is 4.18. The summed E-state index contributed by atoms with van der Waals surface area (Å²) in [5.74, 6) is 1.39. The minimum Gasteiger partial charge on any atom is -0.496 e. The number of ether oxygens (including phenoxy) is 2. The summed E-state index contributed by atoms with van der Waals surface area (Å²) in [6.07, 6.45) is 2.84. The van der Waals surface area contributed by atoms with Gasteiger partial charge in [-0.3, -0.25) is 0 Å². The van der Waals surface area contributed by atoms with E-state index in [1.54, 1.807) is 30.8 Å². The average Bonchev–Trinajstić information content (AvgIpc) is 2.57. The van der Waals surface area contributed by atoms with Crippen molar-refractivity contribution in [3.05, 3.63) is 23.8 Å². The number of amides is 2. The van der Waals surface area contributed by atoms with Gasteiger partial charge in [-0.1, -0.05) is 19.9 Å². The molecule has 0 heterocycles. The second kappa shape index (κ2) is 11.2. The molecule has 1 aromatic carbocycles. The molecular formula is C18H30N2O3S. The normalized spacial score (nSPS) is 10.8. The lowest BCUT2D eigenvalue weighted by atomic mass is 10.2. The van der Waals surface area contributed by atoms with E-state index in [9.17, 15) is 4.79 Å². The molecule has 1 N–H and O–H groups in total. The van der Waals surface area contributed by atoms with Crippen molar-refractivity contribution in [1.29, 1.82) is 0 Å². The van der Waals surface area contributed by atoms with E-state index in [4.69, 9.17) is 9.47 Å². The number of carbonyl (C=O) groups excluding carboxylic acids is 1. The first-order valence-electron chi connectivity index (χ1n) is 8.25. The molecule has 0 unspecified atom stereocenters. The van der Waals surface area contributed by atoms with Gasteiger partial charge in [0.25, 0.3) is 0 Å². The molecule has 0 aromatic heterocycles. The highest BCUT2D eigenvalue weighted by molar-refractivity contribution is 7.98. The first kappa shape index (κ1) is 20.6. The highest BCUT2D eigenvalue weighted by Gasteiger charge is 2.10. The summed E-state index contributed by atoms with van der Waals surface area (Å²) in [5.41, 5.74) is 1.04. The molecule has 1 aromatic rings. The fraction of sp³-hybridized carbons (Fsp3) is 0.611. The quantitative estimate of drug-likeness (QED) is 0.515. The number of benzene rings is 1. The van der Waals surface area contributed by atoms with Crippen molar-refractivity contribution >= 4 is 17.8 Å². The Morgan fingerprint density at radius 1 is 1.38 bits per heavy atom. The molecule has 136 valence electrons. The molecule has 0 bridgehead atoms. The van der Waals surface area contributed by atoms with Crippen LogP contribution in [-0.2, 0) is 11.3 Å². The van der Waals surface area contributed by atoms with Crippen molar-refractivity contribution < 1.29 is 14.3 Å². The molecule has 0 spiro atoms. The summed E-state index contributed by atoms with van der Waals surface area (Å²) in [4.78, 5) is 14.9. The Hall–Kier alpha value is -1.40. The van der Waals surface area contributed by atoms with E-state index < -0.39 is 0 Å². The van der Waals surface area contributed by atoms with E-state index in [1.165, 1.54) is 0 Å². The molecule has 0 atom stereocenters. The molecule has 5 nitrogen and oxygen atoms in total. The molecule has 24 heavy (non-hydrogen) atoms. The Morgan fingerprint density at radius 2 is 2.12 bits per heavy atom. The van der Waals surface area contributed by atoms with Gasteiger partial charge in [-0.05, 0) is 36.3 Å². The van der Waals surface area contributed by atoms with Crippen LogP contribution in [0.15, 0.2) is 23.1 Å². The first-order valence-corrected chi connectivity index (χ1v) is 9.48. The zero-order chi connectivity index (χ0) is 17.9. The largest absolute Gasteiger partial charge is 0.496 e. The second-order valence-corrected chi connectivity index (χ2v) is 6.95. The molecule has 6 heteroatoms. The van der Waals surface area contributed by atoms with Crippen molar-refractivity contribution in [3.63, 3.8) is 0 Å². The summed E-state index contributed by atoms with van der Waals surface area (Å²) < 4.78 is 10.9. The van der Waals surface area contributed by atoms with Gasteiger partial charge in [0.15, 0.2) is 0 Å². The number of urea groups is 1. The molecule has 0 saturated carbocycles. The number of nitrogens with one attached hydrogen (secondary N) is 1. The molecule has 0 radical (unpaired) electrons. The van der Waals surface area contributed by atoms with E-state index >= 15 is 0 Å². The van der Waals surface area contributed by atoms with Crippen LogP contribution >= 0.6 is 11.8 Å². The Morgan fingerprint density at radius 3 is 2.75 bits per heavy atom. The number of rotatable bonds is 10. The van der Waals surface area contributed by atoms with Crippen molar-refractivity contribution in [2.24, 2.45) is 5.92 Å². The van der Waals surface area contributed by atoms with Gasteiger partial charge in [0.05, 0.1) is 7.11 Å². The SMILES string of the molecule is COc1cc(CN(C)C(=O)NCCCOCC(C)C)ccc1SC. The summed E-state index contributed by atoms with van der Waals surface area (Å²) in [6, 6.07) is 5.95. The summed E-state index contributed by atoms with van der Waals surface area (Å²) in [5, 5.41) is 2.91. The number of methoxy groups -OCH3 is 1. The van der Waals surface area contributed by atoms with Crippen LogP contribution in [-0.4, -0.2) is 51.1 Å². The van der Waals surface area contributed by atoms with E-state index in [1.807, 2.05) is 24.5 Å². The molecule has 0 fully saturated rings. The molecular weight excluding hydrogens is 324 g/mol. The Balaban J connectivity index is 2.36. The fourth-order valence-corrected chi connectivity index (χ4v) is 2.70. The Bertz CT molecular complexity index is 509. The van der Waals surface area contributed by atoms with E-state index in [0.717, 1.165) is 29.2 Å². The average molecular weight is 355 g/mol. The van der Waals surface area contributed by atoms with Gasteiger partial charge in [0, 0.05) is 38.2 Å². The van der Waals surface area contributed by atoms with Gasteiger partial charge >= 0.3 is 6.03 Å². The number of carbonyl (C=O) groups is 1. The first-order chi connectivity index (χ1) is 11.5. The molecule has 1 rings (SSSR count).